The first-order valence-corrected chi connectivity index (χ1v) is 6.49. The maximum absolute atomic E-state index is 6.46. The minimum absolute atomic E-state index is 0.00215. The second-order valence-corrected chi connectivity index (χ2v) is 5.37. The fourth-order valence-corrected chi connectivity index (χ4v) is 3.24. The zero-order valence-electron chi connectivity index (χ0n) is 8.88. The van der Waals surface area contributed by atoms with Crippen LogP contribution < -0.4 is 5.73 Å². The van der Waals surface area contributed by atoms with E-state index in [2.05, 4.69) is 18.4 Å². The van der Waals surface area contributed by atoms with Gasteiger partial charge >= 0.3 is 0 Å². The molecule has 0 amide bonds. The van der Waals surface area contributed by atoms with E-state index in [1.54, 1.807) is 0 Å². The molecule has 1 nitrogen and oxygen atoms in total. The first-order valence-electron chi connectivity index (χ1n) is 5.61. The molecule has 0 bridgehead atoms. The molecule has 0 spiro atoms. The molecule has 0 saturated heterocycles. The highest BCUT2D eigenvalue weighted by Gasteiger charge is 2.29. The molecule has 0 radical (unpaired) electrons. The number of hydrogen-bond acceptors (Lipinski definition) is 2. The molecule has 2 rings (SSSR count). The van der Waals surface area contributed by atoms with Crippen molar-refractivity contribution in [3.63, 3.8) is 0 Å². The lowest BCUT2D eigenvalue weighted by molar-refractivity contribution is 0.303. The van der Waals surface area contributed by atoms with E-state index >= 15 is 0 Å². The summed E-state index contributed by atoms with van der Waals surface area (Å²) in [4.78, 5) is 1.47. The van der Waals surface area contributed by atoms with Gasteiger partial charge < -0.3 is 5.73 Å². The molecular formula is C12H19NS. The zero-order chi connectivity index (χ0) is 10.0. The van der Waals surface area contributed by atoms with Gasteiger partial charge in [-0.25, -0.2) is 0 Å². The van der Waals surface area contributed by atoms with Gasteiger partial charge in [0.05, 0.1) is 0 Å². The Bertz CT molecular complexity index is 297. The van der Waals surface area contributed by atoms with Crippen molar-refractivity contribution in [3.05, 3.63) is 21.9 Å². The Kier molecular flexibility index (Phi) is 2.93. The van der Waals surface area contributed by atoms with Crippen LogP contribution in [0.1, 0.15) is 49.5 Å². The summed E-state index contributed by atoms with van der Waals surface area (Å²) in [7, 11) is 0. The van der Waals surface area contributed by atoms with E-state index in [9.17, 15) is 0 Å². The standard InChI is InChI=1S/C12H19NS/c1-2-11-8-10(9-14-11)12(13)6-4-3-5-7-12/h8-9H,2-7,13H2,1H3. The molecule has 14 heavy (non-hydrogen) atoms. The number of aryl methyl sites for hydroxylation is 1. The van der Waals surface area contributed by atoms with Crippen molar-refractivity contribution in [2.45, 2.75) is 51.0 Å². The second kappa shape index (κ2) is 4.03. The molecular weight excluding hydrogens is 190 g/mol. The summed E-state index contributed by atoms with van der Waals surface area (Å²) in [5.74, 6) is 0. The SMILES string of the molecule is CCc1cc(C2(N)CCCCC2)cs1. The van der Waals surface area contributed by atoms with Crippen LogP contribution in [0.15, 0.2) is 11.4 Å². The monoisotopic (exact) mass is 209 g/mol. The van der Waals surface area contributed by atoms with Gasteiger partial charge in [0.15, 0.2) is 0 Å². The molecule has 1 saturated carbocycles. The van der Waals surface area contributed by atoms with E-state index in [4.69, 9.17) is 5.73 Å². The van der Waals surface area contributed by atoms with Gasteiger partial charge in [-0.1, -0.05) is 26.2 Å². The van der Waals surface area contributed by atoms with Crippen LogP contribution in [0.5, 0.6) is 0 Å². The number of nitrogens with two attached hydrogens (primary N) is 1. The molecule has 0 aromatic carbocycles. The van der Waals surface area contributed by atoms with Crippen LogP contribution >= 0.6 is 11.3 Å². The predicted molar refractivity (Wildman–Crippen MR) is 62.6 cm³/mol. The third-order valence-corrected chi connectivity index (χ3v) is 4.40. The number of hydrogen-bond donors (Lipinski definition) is 1. The number of thiophene rings is 1. The molecule has 2 N–H and O–H groups in total. The van der Waals surface area contributed by atoms with Gasteiger partial charge in [0.25, 0.3) is 0 Å². The fourth-order valence-electron chi connectivity index (χ4n) is 2.30. The second-order valence-electron chi connectivity index (χ2n) is 4.37. The Hall–Kier alpha value is -0.340. The predicted octanol–water partition coefficient (Wildman–Crippen LogP) is 3.43. The van der Waals surface area contributed by atoms with Crippen LogP contribution in [-0.2, 0) is 12.0 Å². The van der Waals surface area contributed by atoms with Crippen molar-refractivity contribution in [2.24, 2.45) is 5.73 Å². The first kappa shape index (κ1) is 10.2. The molecule has 1 aromatic heterocycles. The average Bonchev–Trinajstić information content (AvgIpc) is 2.67. The Morgan fingerprint density at radius 3 is 2.64 bits per heavy atom. The highest BCUT2D eigenvalue weighted by molar-refractivity contribution is 7.10. The Morgan fingerprint density at radius 2 is 2.07 bits per heavy atom. The van der Waals surface area contributed by atoms with Crippen LogP contribution in [-0.4, -0.2) is 0 Å². The lowest BCUT2D eigenvalue weighted by Gasteiger charge is -2.32. The van der Waals surface area contributed by atoms with Crippen molar-refractivity contribution in [1.82, 2.24) is 0 Å². The van der Waals surface area contributed by atoms with Gasteiger partial charge in [-0.15, -0.1) is 11.3 Å². The third-order valence-electron chi connectivity index (χ3n) is 3.32. The lowest BCUT2D eigenvalue weighted by Crippen LogP contribution is -2.38. The summed E-state index contributed by atoms with van der Waals surface area (Å²) in [6.07, 6.45) is 7.45. The van der Waals surface area contributed by atoms with Gasteiger partial charge in [0.1, 0.15) is 0 Å². The molecule has 0 atom stereocenters. The maximum Gasteiger partial charge on any atom is 0.0418 e. The van der Waals surface area contributed by atoms with E-state index in [1.165, 1.54) is 42.5 Å². The summed E-state index contributed by atoms with van der Waals surface area (Å²) in [5, 5.41) is 2.27. The zero-order valence-corrected chi connectivity index (χ0v) is 9.70. The van der Waals surface area contributed by atoms with Gasteiger partial charge in [0, 0.05) is 10.4 Å². The van der Waals surface area contributed by atoms with Gasteiger partial charge in [-0.2, -0.15) is 0 Å². The summed E-state index contributed by atoms with van der Waals surface area (Å²) in [6.45, 7) is 2.21. The van der Waals surface area contributed by atoms with E-state index in [-0.39, 0.29) is 5.54 Å². The topological polar surface area (TPSA) is 26.0 Å². The molecule has 1 fully saturated rings. The van der Waals surface area contributed by atoms with Crippen LogP contribution in [0.2, 0.25) is 0 Å². The van der Waals surface area contributed by atoms with Crippen molar-refractivity contribution in [3.8, 4) is 0 Å². The maximum atomic E-state index is 6.46. The van der Waals surface area contributed by atoms with Crippen LogP contribution in [0.25, 0.3) is 0 Å². The van der Waals surface area contributed by atoms with Crippen molar-refractivity contribution >= 4 is 11.3 Å². The average molecular weight is 209 g/mol. The third kappa shape index (κ3) is 1.86. The van der Waals surface area contributed by atoms with Gasteiger partial charge in [-0.3, -0.25) is 0 Å². The normalized spacial score (nSPS) is 21.0. The van der Waals surface area contributed by atoms with E-state index in [0.29, 0.717) is 0 Å². The molecule has 0 unspecified atom stereocenters. The Morgan fingerprint density at radius 1 is 1.36 bits per heavy atom. The summed E-state index contributed by atoms with van der Waals surface area (Å²) in [5.41, 5.74) is 7.85. The first-order chi connectivity index (χ1) is 6.74. The highest BCUT2D eigenvalue weighted by atomic mass is 32.1. The quantitative estimate of drug-likeness (QED) is 0.793. The van der Waals surface area contributed by atoms with E-state index in [1.807, 2.05) is 11.3 Å². The van der Waals surface area contributed by atoms with Crippen LogP contribution in [0.4, 0.5) is 0 Å². The molecule has 78 valence electrons. The van der Waals surface area contributed by atoms with Crippen molar-refractivity contribution in [1.29, 1.82) is 0 Å². The molecule has 0 aliphatic heterocycles. The highest BCUT2D eigenvalue weighted by Crippen LogP contribution is 2.36. The lowest BCUT2D eigenvalue weighted by atomic mass is 9.78. The largest absolute Gasteiger partial charge is 0.321 e. The van der Waals surface area contributed by atoms with Gasteiger partial charge in [0.2, 0.25) is 0 Å². The van der Waals surface area contributed by atoms with E-state index < -0.39 is 0 Å². The minimum atomic E-state index is 0.00215. The summed E-state index contributed by atoms with van der Waals surface area (Å²) < 4.78 is 0. The minimum Gasteiger partial charge on any atom is -0.321 e. The smallest absolute Gasteiger partial charge is 0.0418 e. The summed E-state index contributed by atoms with van der Waals surface area (Å²) in [6, 6.07) is 2.32. The van der Waals surface area contributed by atoms with Crippen molar-refractivity contribution < 1.29 is 0 Å². The molecule has 1 aliphatic carbocycles. The summed E-state index contributed by atoms with van der Waals surface area (Å²) >= 11 is 1.86. The number of rotatable bonds is 2. The van der Waals surface area contributed by atoms with Gasteiger partial charge in [-0.05, 0) is 36.3 Å². The Labute approximate surface area is 90.3 Å². The molecule has 1 heterocycles. The fraction of sp³-hybridized carbons (Fsp3) is 0.667. The molecule has 2 heteroatoms. The van der Waals surface area contributed by atoms with Crippen molar-refractivity contribution in [2.75, 3.05) is 0 Å². The van der Waals surface area contributed by atoms with Crippen LogP contribution in [0.3, 0.4) is 0 Å². The Balaban J connectivity index is 2.19. The van der Waals surface area contributed by atoms with E-state index in [0.717, 1.165) is 6.42 Å². The van der Waals surface area contributed by atoms with Crippen LogP contribution in [0, 0.1) is 0 Å². The molecule has 1 aliphatic rings. The molecule has 1 aromatic rings.